The molecule has 2 aromatic carbocycles. The highest BCUT2D eigenvalue weighted by Gasteiger charge is 2.14. The molecule has 7 heteroatoms. The van der Waals surface area contributed by atoms with Crippen molar-refractivity contribution in [1.29, 1.82) is 0 Å². The van der Waals surface area contributed by atoms with E-state index in [4.69, 9.17) is 23.2 Å². The highest BCUT2D eigenvalue weighted by atomic mass is 35.5. The van der Waals surface area contributed by atoms with Gasteiger partial charge in [0.2, 0.25) is 5.82 Å². The van der Waals surface area contributed by atoms with Gasteiger partial charge in [-0.1, -0.05) is 35.3 Å². The van der Waals surface area contributed by atoms with E-state index in [1.165, 1.54) is 6.07 Å². The molecule has 2 aromatic rings. The van der Waals surface area contributed by atoms with E-state index in [1.807, 2.05) is 0 Å². The number of hydrogen-bond donors (Lipinski definition) is 1. The van der Waals surface area contributed by atoms with Crippen LogP contribution in [0.15, 0.2) is 36.4 Å². The molecule has 0 aliphatic rings. The number of rotatable bonds is 4. The Morgan fingerprint density at radius 2 is 2.00 bits per heavy atom. The Hall–Kier alpha value is -1.85. The molecule has 0 heterocycles. The first-order valence-electron chi connectivity index (χ1n) is 5.59. The SMILES string of the molecule is O=[N+]([O-])c1cc(NCc2cccc(Cl)c2Cl)ccc1F. The zero-order chi connectivity index (χ0) is 14.7. The van der Waals surface area contributed by atoms with Crippen LogP contribution < -0.4 is 5.32 Å². The van der Waals surface area contributed by atoms with Gasteiger partial charge in [-0.15, -0.1) is 0 Å². The van der Waals surface area contributed by atoms with E-state index in [0.717, 1.165) is 17.7 Å². The Bertz CT molecular complexity index is 665. The number of hydrogen-bond acceptors (Lipinski definition) is 3. The summed E-state index contributed by atoms with van der Waals surface area (Å²) in [7, 11) is 0. The van der Waals surface area contributed by atoms with Gasteiger partial charge in [0.25, 0.3) is 0 Å². The van der Waals surface area contributed by atoms with Crippen molar-refractivity contribution >= 4 is 34.6 Å². The third kappa shape index (κ3) is 3.18. The number of nitrogens with one attached hydrogen (secondary N) is 1. The summed E-state index contributed by atoms with van der Waals surface area (Å²) >= 11 is 11.9. The molecule has 20 heavy (non-hydrogen) atoms. The van der Waals surface area contributed by atoms with E-state index in [2.05, 4.69) is 5.32 Å². The Kier molecular flexibility index (Phi) is 4.42. The standard InChI is InChI=1S/C13H9Cl2FN2O2/c14-10-3-1-2-8(13(10)15)7-17-9-4-5-11(16)12(6-9)18(19)20/h1-6,17H,7H2. The lowest BCUT2D eigenvalue weighted by Gasteiger charge is -2.09. The van der Waals surface area contributed by atoms with Crippen molar-refractivity contribution in [3.8, 4) is 0 Å². The number of halogens is 3. The molecule has 1 N–H and O–H groups in total. The van der Waals surface area contributed by atoms with Crippen LogP contribution in [0.25, 0.3) is 0 Å². The minimum absolute atomic E-state index is 0.322. The van der Waals surface area contributed by atoms with Gasteiger partial charge in [-0.05, 0) is 23.8 Å². The van der Waals surface area contributed by atoms with Crippen LogP contribution in [-0.2, 0) is 6.54 Å². The fourth-order valence-electron chi connectivity index (χ4n) is 1.64. The second-order valence-electron chi connectivity index (χ2n) is 3.99. The number of anilines is 1. The Morgan fingerprint density at radius 3 is 2.70 bits per heavy atom. The molecule has 104 valence electrons. The molecule has 0 bridgehead atoms. The van der Waals surface area contributed by atoms with Crippen molar-refractivity contribution in [2.45, 2.75) is 6.54 Å². The van der Waals surface area contributed by atoms with E-state index in [-0.39, 0.29) is 0 Å². The Labute approximate surface area is 124 Å². The highest BCUT2D eigenvalue weighted by molar-refractivity contribution is 6.42. The predicted molar refractivity (Wildman–Crippen MR) is 76.8 cm³/mol. The van der Waals surface area contributed by atoms with Crippen LogP contribution in [0.1, 0.15) is 5.56 Å². The third-order valence-corrected chi connectivity index (χ3v) is 3.52. The minimum Gasteiger partial charge on any atom is -0.381 e. The lowest BCUT2D eigenvalue weighted by Crippen LogP contribution is -2.01. The average molecular weight is 315 g/mol. The summed E-state index contributed by atoms with van der Waals surface area (Å²) in [6, 6.07) is 8.78. The third-order valence-electron chi connectivity index (χ3n) is 2.66. The summed E-state index contributed by atoms with van der Waals surface area (Å²) in [6.45, 7) is 0.322. The molecule has 0 spiro atoms. The van der Waals surface area contributed by atoms with Gasteiger partial charge in [0.15, 0.2) is 0 Å². The zero-order valence-electron chi connectivity index (χ0n) is 10.1. The molecule has 0 unspecified atom stereocenters. The van der Waals surface area contributed by atoms with Crippen molar-refractivity contribution in [2.75, 3.05) is 5.32 Å². The van der Waals surface area contributed by atoms with Crippen molar-refractivity contribution in [3.63, 3.8) is 0 Å². The topological polar surface area (TPSA) is 55.2 Å². The molecule has 0 saturated carbocycles. The van der Waals surface area contributed by atoms with E-state index in [0.29, 0.717) is 22.3 Å². The minimum atomic E-state index is -0.874. The van der Waals surface area contributed by atoms with Crippen LogP contribution in [0.3, 0.4) is 0 Å². The lowest BCUT2D eigenvalue weighted by molar-refractivity contribution is -0.387. The van der Waals surface area contributed by atoms with Crippen LogP contribution in [0.5, 0.6) is 0 Å². The summed E-state index contributed by atoms with van der Waals surface area (Å²) in [5.74, 6) is -0.874. The quantitative estimate of drug-likeness (QED) is 0.660. The zero-order valence-corrected chi connectivity index (χ0v) is 11.6. The second kappa shape index (κ2) is 6.07. The largest absolute Gasteiger partial charge is 0.381 e. The van der Waals surface area contributed by atoms with Crippen LogP contribution in [-0.4, -0.2) is 4.92 Å². The number of nitrogens with zero attached hydrogens (tertiary/aromatic N) is 1. The molecule has 4 nitrogen and oxygen atoms in total. The summed E-state index contributed by atoms with van der Waals surface area (Å²) in [6.07, 6.45) is 0. The molecule has 0 amide bonds. The van der Waals surface area contributed by atoms with Gasteiger partial charge < -0.3 is 5.32 Å². The van der Waals surface area contributed by atoms with Crippen LogP contribution in [0.4, 0.5) is 15.8 Å². The van der Waals surface area contributed by atoms with Gasteiger partial charge in [-0.3, -0.25) is 10.1 Å². The highest BCUT2D eigenvalue weighted by Crippen LogP contribution is 2.27. The first-order valence-corrected chi connectivity index (χ1v) is 6.35. The van der Waals surface area contributed by atoms with E-state index in [1.54, 1.807) is 18.2 Å². The Morgan fingerprint density at radius 1 is 1.25 bits per heavy atom. The van der Waals surface area contributed by atoms with Crippen LogP contribution in [0.2, 0.25) is 10.0 Å². The van der Waals surface area contributed by atoms with E-state index in [9.17, 15) is 14.5 Å². The maximum absolute atomic E-state index is 13.2. The van der Waals surface area contributed by atoms with Gasteiger partial charge in [0, 0.05) is 18.3 Å². The summed E-state index contributed by atoms with van der Waals surface area (Å²) < 4.78 is 13.2. The number of nitro groups is 1. The number of benzene rings is 2. The smallest absolute Gasteiger partial charge is 0.306 e. The molecule has 0 fully saturated rings. The molecular weight excluding hydrogens is 306 g/mol. The van der Waals surface area contributed by atoms with Crippen molar-refractivity contribution < 1.29 is 9.31 Å². The number of nitro benzene ring substituents is 1. The summed E-state index contributed by atoms with van der Waals surface area (Å²) in [5, 5.41) is 14.4. The lowest BCUT2D eigenvalue weighted by atomic mass is 10.2. The van der Waals surface area contributed by atoms with Crippen molar-refractivity contribution in [1.82, 2.24) is 0 Å². The first-order chi connectivity index (χ1) is 9.49. The molecule has 0 radical (unpaired) electrons. The van der Waals surface area contributed by atoms with Crippen molar-refractivity contribution in [2.24, 2.45) is 0 Å². The molecule has 0 aliphatic heterocycles. The van der Waals surface area contributed by atoms with Gasteiger partial charge >= 0.3 is 5.69 Å². The molecular formula is C13H9Cl2FN2O2. The van der Waals surface area contributed by atoms with E-state index >= 15 is 0 Å². The molecule has 0 aromatic heterocycles. The van der Waals surface area contributed by atoms with E-state index < -0.39 is 16.4 Å². The molecule has 0 atom stereocenters. The van der Waals surface area contributed by atoms with Gasteiger partial charge in [-0.25, -0.2) is 0 Å². The maximum Gasteiger partial charge on any atom is 0.306 e. The Balaban J connectivity index is 2.17. The van der Waals surface area contributed by atoms with Crippen molar-refractivity contribution in [3.05, 3.63) is 67.9 Å². The fourth-order valence-corrected chi connectivity index (χ4v) is 2.03. The van der Waals surface area contributed by atoms with Crippen LogP contribution in [0, 0.1) is 15.9 Å². The van der Waals surface area contributed by atoms with Gasteiger partial charge in [0.1, 0.15) is 0 Å². The molecule has 0 saturated heterocycles. The fraction of sp³-hybridized carbons (Fsp3) is 0.0769. The molecule has 0 aliphatic carbocycles. The van der Waals surface area contributed by atoms with Crippen LogP contribution >= 0.6 is 23.2 Å². The normalized spacial score (nSPS) is 10.3. The first kappa shape index (κ1) is 14.6. The maximum atomic E-state index is 13.2. The summed E-state index contributed by atoms with van der Waals surface area (Å²) in [5.41, 5.74) is 0.590. The average Bonchev–Trinajstić information content (AvgIpc) is 2.41. The summed E-state index contributed by atoms with van der Waals surface area (Å²) in [4.78, 5) is 9.88. The monoisotopic (exact) mass is 314 g/mol. The van der Waals surface area contributed by atoms with Gasteiger partial charge in [-0.2, -0.15) is 4.39 Å². The predicted octanol–water partition coefficient (Wildman–Crippen LogP) is 4.65. The van der Waals surface area contributed by atoms with Gasteiger partial charge in [0.05, 0.1) is 15.0 Å². The second-order valence-corrected chi connectivity index (χ2v) is 4.77. The molecule has 2 rings (SSSR count).